The van der Waals surface area contributed by atoms with Gasteiger partial charge in [0.05, 0.1) is 38.7 Å². The lowest BCUT2D eigenvalue weighted by atomic mass is 9.95. The SMILES string of the molecule is c1ccc(-c2cc(-c3cccc(-c4ccc(-c5nc6c(-c7ccc8ccccc8c7)cccc6c6c5sc5ccccc56)cc4)c3)cc(-c3ccccn3)n2)nc1. The van der Waals surface area contributed by atoms with E-state index in [9.17, 15) is 0 Å². The highest BCUT2D eigenvalue weighted by atomic mass is 32.1. The summed E-state index contributed by atoms with van der Waals surface area (Å²) < 4.78 is 2.47. The van der Waals surface area contributed by atoms with Crippen molar-refractivity contribution in [1.29, 1.82) is 0 Å². The predicted octanol–water partition coefficient (Wildman–Crippen LogP) is 13.9. The second-order valence-electron chi connectivity index (χ2n) is 14.2. The molecule has 0 saturated carbocycles. The molecule has 0 saturated heterocycles. The Kier molecular flexibility index (Phi) is 7.97. The summed E-state index contributed by atoms with van der Waals surface area (Å²) in [5.41, 5.74) is 13.1. The van der Waals surface area contributed by atoms with Crippen LogP contribution in [0.25, 0.3) is 109 Å². The Morgan fingerprint density at radius 3 is 1.75 bits per heavy atom. The number of hydrogen-bond acceptors (Lipinski definition) is 5. The van der Waals surface area contributed by atoms with E-state index in [4.69, 9.17) is 9.97 Å². The number of hydrogen-bond donors (Lipinski definition) is 0. The van der Waals surface area contributed by atoms with Gasteiger partial charge in [-0.05, 0) is 93.2 Å². The summed E-state index contributed by atoms with van der Waals surface area (Å²) in [6.07, 6.45) is 3.61. The van der Waals surface area contributed by atoms with E-state index in [1.165, 1.54) is 41.9 Å². The largest absolute Gasteiger partial charge is 0.255 e. The van der Waals surface area contributed by atoms with Gasteiger partial charge in [-0.3, -0.25) is 9.97 Å². The average Bonchev–Trinajstić information content (AvgIpc) is 3.69. The maximum Gasteiger partial charge on any atom is 0.0900 e. The van der Waals surface area contributed by atoms with E-state index in [2.05, 4.69) is 156 Å². The summed E-state index contributed by atoms with van der Waals surface area (Å²) in [5.74, 6) is 0. The van der Waals surface area contributed by atoms with Crippen molar-refractivity contribution < 1.29 is 0 Å². The molecule has 11 rings (SSSR count). The number of para-hydroxylation sites is 1. The van der Waals surface area contributed by atoms with E-state index >= 15 is 0 Å². The first-order chi connectivity index (χ1) is 28.2. The smallest absolute Gasteiger partial charge is 0.0900 e. The van der Waals surface area contributed by atoms with Gasteiger partial charge in [-0.15, -0.1) is 11.3 Å². The average molecular weight is 745 g/mol. The molecule has 0 radical (unpaired) electrons. The molecule has 0 aliphatic rings. The Morgan fingerprint density at radius 2 is 1.00 bits per heavy atom. The van der Waals surface area contributed by atoms with Crippen LogP contribution in [0.5, 0.6) is 0 Å². The Morgan fingerprint density at radius 1 is 0.368 bits per heavy atom. The maximum atomic E-state index is 5.54. The van der Waals surface area contributed by atoms with Crippen LogP contribution in [0, 0.1) is 0 Å². The molecule has 0 unspecified atom stereocenters. The van der Waals surface area contributed by atoms with Gasteiger partial charge in [0.1, 0.15) is 0 Å². The van der Waals surface area contributed by atoms with Crippen LogP contribution in [0.4, 0.5) is 0 Å². The summed E-state index contributed by atoms with van der Waals surface area (Å²) in [5, 5.41) is 6.17. The Balaban J connectivity index is 1.02. The number of fused-ring (bicyclic) bond motifs is 6. The first-order valence-corrected chi connectivity index (χ1v) is 19.8. The topological polar surface area (TPSA) is 51.6 Å². The van der Waals surface area contributed by atoms with Crippen molar-refractivity contribution >= 4 is 53.2 Å². The molecule has 11 aromatic rings. The molecule has 0 aliphatic heterocycles. The maximum absolute atomic E-state index is 5.54. The number of pyridine rings is 4. The number of benzene rings is 6. The van der Waals surface area contributed by atoms with E-state index in [0.717, 1.165) is 67.4 Å². The lowest BCUT2D eigenvalue weighted by molar-refractivity contribution is 1.22. The van der Waals surface area contributed by atoms with Crippen molar-refractivity contribution in [2.45, 2.75) is 0 Å². The summed E-state index contributed by atoms with van der Waals surface area (Å²) in [6, 6.07) is 64.3. The third-order valence-electron chi connectivity index (χ3n) is 10.8. The standard InChI is InChI=1S/C52H32N4S/c1-2-12-36-30-39(26-23-33(36)11-1)41-16-10-17-43-49-42-15-3-4-20-48(42)57-52(49)50(56-51(41)43)35-24-21-34(22-25-35)37-13-9-14-38(29-37)40-31-46(44-18-5-7-27-53-44)55-47(32-40)45-19-6-8-28-54-45/h1-32H. The first-order valence-electron chi connectivity index (χ1n) is 19.0. The fourth-order valence-electron chi connectivity index (χ4n) is 7.98. The van der Waals surface area contributed by atoms with Crippen molar-refractivity contribution in [2.75, 3.05) is 0 Å². The third-order valence-corrected chi connectivity index (χ3v) is 11.9. The lowest BCUT2D eigenvalue weighted by Crippen LogP contribution is -1.94. The third kappa shape index (κ3) is 5.93. The fourth-order valence-corrected chi connectivity index (χ4v) is 9.21. The lowest BCUT2D eigenvalue weighted by Gasteiger charge is -2.13. The van der Waals surface area contributed by atoms with E-state index in [0.29, 0.717) is 0 Å². The summed E-state index contributed by atoms with van der Waals surface area (Å²) in [4.78, 5) is 19.7. The number of thiophene rings is 1. The zero-order valence-corrected chi connectivity index (χ0v) is 31.5. The van der Waals surface area contributed by atoms with Gasteiger partial charge in [-0.25, -0.2) is 9.97 Å². The van der Waals surface area contributed by atoms with Crippen LogP contribution in [-0.4, -0.2) is 19.9 Å². The van der Waals surface area contributed by atoms with Gasteiger partial charge in [0.2, 0.25) is 0 Å². The molecule has 5 heteroatoms. The van der Waals surface area contributed by atoms with E-state index in [1.807, 2.05) is 47.7 Å². The molecule has 4 nitrogen and oxygen atoms in total. The minimum absolute atomic E-state index is 0.808. The van der Waals surface area contributed by atoms with Gasteiger partial charge in [0, 0.05) is 44.4 Å². The van der Waals surface area contributed by atoms with Crippen molar-refractivity contribution in [3.8, 4) is 67.4 Å². The summed E-state index contributed by atoms with van der Waals surface area (Å²) >= 11 is 1.82. The summed E-state index contributed by atoms with van der Waals surface area (Å²) in [6.45, 7) is 0. The molecule has 266 valence electrons. The molecule has 5 heterocycles. The molecule has 0 atom stereocenters. The molecule has 6 aromatic carbocycles. The molecular weight excluding hydrogens is 713 g/mol. The quantitative estimate of drug-likeness (QED) is 0.170. The Hall–Kier alpha value is -7.34. The number of aromatic nitrogens is 4. The fraction of sp³-hybridized carbons (Fsp3) is 0. The molecule has 0 spiro atoms. The normalized spacial score (nSPS) is 11.5. The van der Waals surface area contributed by atoms with Gasteiger partial charge in [-0.1, -0.05) is 127 Å². The van der Waals surface area contributed by atoms with Crippen LogP contribution in [0.15, 0.2) is 194 Å². The van der Waals surface area contributed by atoms with Gasteiger partial charge < -0.3 is 0 Å². The highest BCUT2D eigenvalue weighted by Crippen LogP contribution is 2.45. The highest BCUT2D eigenvalue weighted by molar-refractivity contribution is 7.26. The number of rotatable bonds is 6. The second-order valence-corrected chi connectivity index (χ2v) is 15.3. The molecule has 5 aromatic heterocycles. The monoisotopic (exact) mass is 744 g/mol. The molecule has 0 N–H and O–H groups in total. The van der Waals surface area contributed by atoms with E-state index in [1.54, 1.807) is 12.4 Å². The Bertz CT molecular complexity index is 3230. The summed E-state index contributed by atoms with van der Waals surface area (Å²) in [7, 11) is 0. The van der Waals surface area contributed by atoms with Crippen LogP contribution >= 0.6 is 11.3 Å². The highest BCUT2D eigenvalue weighted by Gasteiger charge is 2.19. The van der Waals surface area contributed by atoms with Crippen molar-refractivity contribution in [2.24, 2.45) is 0 Å². The van der Waals surface area contributed by atoms with Crippen LogP contribution in [0.3, 0.4) is 0 Å². The van der Waals surface area contributed by atoms with Crippen molar-refractivity contribution in [3.05, 3.63) is 194 Å². The van der Waals surface area contributed by atoms with Crippen LogP contribution < -0.4 is 0 Å². The molecule has 0 bridgehead atoms. The van der Waals surface area contributed by atoms with Crippen LogP contribution in [0.2, 0.25) is 0 Å². The molecule has 0 amide bonds. The van der Waals surface area contributed by atoms with Gasteiger partial charge in [0.25, 0.3) is 0 Å². The minimum atomic E-state index is 0.808. The van der Waals surface area contributed by atoms with E-state index in [-0.39, 0.29) is 0 Å². The van der Waals surface area contributed by atoms with Gasteiger partial charge >= 0.3 is 0 Å². The molecule has 57 heavy (non-hydrogen) atoms. The molecular formula is C52H32N4S. The zero-order valence-electron chi connectivity index (χ0n) is 30.7. The number of nitrogens with zero attached hydrogens (tertiary/aromatic N) is 4. The van der Waals surface area contributed by atoms with E-state index < -0.39 is 0 Å². The Labute approximate surface area is 333 Å². The van der Waals surface area contributed by atoms with Gasteiger partial charge in [-0.2, -0.15) is 0 Å². The molecule has 0 aliphatic carbocycles. The first kappa shape index (κ1) is 33.0. The zero-order chi connectivity index (χ0) is 37.7. The van der Waals surface area contributed by atoms with Crippen molar-refractivity contribution in [1.82, 2.24) is 19.9 Å². The van der Waals surface area contributed by atoms with Crippen LogP contribution in [-0.2, 0) is 0 Å². The van der Waals surface area contributed by atoms with Crippen LogP contribution in [0.1, 0.15) is 0 Å². The van der Waals surface area contributed by atoms with Crippen molar-refractivity contribution in [3.63, 3.8) is 0 Å². The minimum Gasteiger partial charge on any atom is -0.255 e. The van der Waals surface area contributed by atoms with Gasteiger partial charge in [0.15, 0.2) is 0 Å². The molecule has 0 fully saturated rings. The second kappa shape index (κ2) is 13.7. The predicted molar refractivity (Wildman–Crippen MR) is 238 cm³/mol.